The number of carbonyl (C=O) groups excluding carboxylic acids is 1. The monoisotopic (exact) mass is 327 g/mol. The minimum Gasteiger partial charge on any atom is -0.454 e. The number of nitrogens with one attached hydrogen (secondary N) is 1. The highest BCUT2D eigenvalue weighted by Gasteiger charge is 2.19. The normalized spacial score (nSPS) is 12.6. The number of rotatable bonds is 3. The first-order valence-corrected chi connectivity index (χ1v) is 7.48. The van der Waals surface area contributed by atoms with E-state index in [4.69, 9.17) is 13.9 Å². The van der Waals surface area contributed by atoms with Crippen molar-refractivity contribution in [2.45, 2.75) is 13.5 Å². The summed E-state index contributed by atoms with van der Waals surface area (Å²) in [5, 5.41) is 3.38. The van der Waals surface area contributed by atoms with Crippen molar-refractivity contribution in [1.82, 2.24) is 5.32 Å². The Kier molecular flexibility index (Phi) is 3.37. The fraction of sp³-hybridized carbons (Fsp3) is 0.167. The summed E-state index contributed by atoms with van der Waals surface area (Å²) < 4.78 is 29.7. The largest absolute Gasteiger partial charge is 0.454 e. The first-order chi connectivity index (χ1) is 11.6. The van der Waals surface area contributed by atoms with Gasteiger partial charge in [0.25, 0.3) is 5.91 Å². The number of fused-ring (bicyclic) bond motifs is 2. The molecule has 0 spiro atoms. The van der Waals surface area contributed by atoms with Crippen LogP contribution in [-0.2, 0) is 6.54 Å². The van der Waals surface area contributed by atoms with Crippen LogP contribution in [0.1, 0.15) is 21.7 Å². The predicted octanol–water partition coefficient (Wildman–Crippen LogP) is 3.54. The van der Waals surface area contributed by atoms with Crippen LogP contribution in [0.25, 0.3) is 11.0 Å². The van der Waals surface area contributed by atoms with Gasteiger partial charge in [-0.15, -0.1) is 0 Å². The number of para-hydroxylation sites is 1. The number of amides is 1. The molecule has 6 heteroatoms. The fourth-order valence-electron chi connectivity index (χ4n) is 2.74. The lowest BCUT2D eigenvalue weighted by Crippen LogP contribution is -2.22. The highest BCUT2D eigenvalue weighted by Crippen LogP contribution is 2.32. The van der Waals surface area contributed by atoms with Gasteiger partial charge in [0, 0.05) is 17.5 Å². The van der Waals surface area contributed by atoms with Gasteiger partial charge in [0.05, 0.1) is 0 Å². The zero-order valence-corrected chi connectivity index (χ0v) is 12.9. The molecule has 0 bridgehead atoms. The SMILES string of the molecule is Cc1c(C(=O)NCc2ccc3c(c2)OCO3)oc2c(F)cccc12. The van der Waals surface area contributed by atoms with E-state index in [1.807, 2.05) is 12.1 Å². The third-order valence-electron chi connectivity index (χ3n) is 4.01. The van der Waals surface area contributed by atoms with Crippen LogP contribution in [0.2, 0.25) is 0 Å². The maximum atomic E-state index is 13.8. The minimum absolute atomic E-state index is 0.100. The van der Waals surface area contributed by atoms with Gasteiger partial charge in [-0.25, -0.2) is 4.39 Å². The van der Waals surface area contributed by atoms with Gasteiger partial charge < -0.3 is 19.2 Å². The van der Waals surface area contributed by atoms with Crippen LogP contribution in [0.4, 0.5) is 4.39 Å². The van der Waals surface area contributed by atoms with Crippen molar-refractivity contribution >= 4 is 16.9 Å². The molecule has 1 N–H and O–H groups in total. The summed E-state index contributed by atoms with van der Waals surface area (Å²) in [6.45, 7) is 2.24. The summed E-state index contributed by atoms with van der Waals surface area (Å²) in [7, 11) is 0. The summed E-state index contributed by atoms with van der Waals surface area (Å²) in [4.78, 5) is 12.4. The van der Waals surface area contributed by atoms with E-state index in [0.29, 0.717) is 29.0 Å². The zero-order chi connectivity index (χ0) is 16.7. The lowest BCUT2D eigenvalue weighted by atomic mass is 10.1. The summed E-state index contributed by atoms with van der Waals surface area (Å²) in [6, 6.07) is 10.1. The third-order valence-corrected chi connectivity index (χ3v) is 4.01. The molecule has 0 aliphatic carbocycles. The van der Waals surface area contributed by atoms with Crippen LogP contribution in [0, 0.1) is 12.7 Å². The van der Waals surface area contributed by atoms with Crippen LogP contribution in [0.5, 0.6) is 11.5 Å². The maximum Gasteiger partial charge on any atom is 0.287 e. The molecule has 0 atom stereocenters. The smallest absolute Gasteiger partial charge is 0.287 e. The Hall–Kier alpha value is -3.02. The molecule has 1 aliphatic rings. The van der Waals surface area contributed by atoms with Crippen molar-refractivity contribution in [3.63, 3.8) is 0 Å². The van der Waals surface area contributed by atoms with Crippen LogP contribution in [0.3, 0.4) is 0 Å². The maximum absolute atomic E-state index is 13.8. The van der Waals surface area contributed by atoms with E-state index >= 15 is 0 Å². The average Bonchev–Trinajstić information content (AvgIpc) is 3.18. The highest BCUT2D eigenvalue weighted by molar-refractivity contribution is 5.98. The molecule has 1 aromatic heterocycles. The molecule has 0 saturated heterocycles. The van der Waals surface area contributed by atoms with Crippen LogP contribution in [-0.4, -0.2) is 12.7 Å². The number of furan rings is 1. The second-order valence-corrected chi connectivity index (χ2v) is 5.54. The summed E-state index contributed by atoms with van der Waals surface area (Å²) in [5.74, 6) is 0.597. The molecule has 4 rings (SSSR count). The Balaban J connectivity index is 1.54. The van der Waals surface area contributed by atoms with Gasteiger partial charge in [0.2, 0.25) is 6.79 Å². The number of benzene rings is 2. The van der Waals surface area contributed by atoms with Crippen molar-refractivity contribution in [3.8, 4) is 11.5 Å². The number of carbonyl (C=O) groups is 1. The van der Waals surface area contributed by atoms with E-state index < -0.39 is 5.82 Å². The second-order valence-electron chi connectivity index (χ2n) is 5.54. The van der Waals surface area contributed by atoms with Gasteiger partial charge in [0.15, 0.2) is 28.7 Å². The van der Waals surface area contributed by atoms with Gasteiger partial charge >= 0.3 is 0 Å². The van der Waals surface area contributed by atoms with E-state index in [2.05, 4.69) is 5.32 Å². The molecule has 0 unspecified atom stereocenters. The molecular weight excluding hydrogens is 313 g/mol. The molecule has 2 heterocycles. The van der Waals surface area contributed by atoms with Crippen molar-refractivity contribution < 1.29 is 23.1 Å². The Labute approximate surface area is 137 Å². The van der Waals surface area contributed by atoms with Gasteiger partial charge in [-0.3, -0.25) is 4.79 Å². The van der Waals surface area contributed by atoms with Crippen LogP contribution < -0.4 is 14.8 Å². The Bertz CT molecular complexity index is 948. The molecule has 24 heavy (non-hydrogen) atoms. The number of halogens is 1. The Morgan fingerprint density at radius 1 is 1.21 bits per heavy atom. The van der Waals surface area contributed by atoms with E-state index in [9.17, 15) is 9.18 Å². The Morgan fingerprint density at radius 3 is 2.88 bits per heavy atom. The molecular formula is C18H14FNO4. The summed E-state index contributed by atoms with van der Waals surface area (Å²) in [5.41, 5.74) is 1.59. The minimum atomic E-state index is -0.481. The highest BCUT2D eigenvalue weighted by atomic mass is 19.1. The molecule has 2 aromatic carbocycles. The van der Waals surface area contributed by atoms with Crippen molar-refractivity contribution in [1.29, 1.82) is 0 Å². The van der Waals surface area contributed by atoms with E-state index in [0.717, 1.165) is 5.56 Å². The van der Waals surface area contributed by atoms with E-state index in [1.54, 1.807) is 25.1 Å². The van der Waals surface area contributed by atoms with E-state index in [-0.39, 0.29) is 24.0 Å². The Morgan fingerprint density at radius 2 is 2.04 bits per heavy atom. The summed E-state index contributed by atoms with van der Waals surface area (Å²) in [6.07, 6.45) is 0. The van der Waals surface area contributed by atoms with Crippen LogP contribution >= 0.6 is 0 Å². The lowest BCUT2D eigenvalue weighted by Gasteiger charge is -2.05. The number of hydrogen-bond acceptors (Lipinski definition) is 4. The van der Waals surface area contributed by atoms with Gasteiger partial charge in [0.1, 0.15) is 0 Å². The molecule has 3 aromatic rings. The van der Waals surface area contributed by atoms with E-state index in [1.165, 1.54) is 6.07 Å². The van der Waals surface area contributed by atoms with Gasteiger partial charge in [-0.05, 0) is 30.7 Å². The topological polar surface area (TPSA) is 60.7 Å². The van der Waals surface area contributed by atoms with Crippen LogP contribution in [0.15, 0.2) is 40.8 Å². The first kappa shape index (κ1) is 14.6. The van der Waals surface area contributed by atoms with Crippen molar-refractivity contribution in [2.24, 2.45) is 0 Å². The molecule has 1 amide bonds. The molecule has 1 aliphatic heterocycles. The third kappa shape index (κ3) is 2.36. The number of aryl methyl sites for hydroxylation is 1. The number of ether oxygens (including phenoxy) is 2. The standard InChI is InChI=1S/C18H14FNO4/c1-10-12-3-2-4-13(19)17(12)24-16(10)18(21)20-8-11-5-6-14-15(7-11)23-9-22-14/h2-7H,8-9H2,1H3,(H,20,21). The molecule has 122 valence electrons. The first-order valence-electron chi connectivity index (χ1n) is 7.48. The molecule has 5 nitrogen and oxygen atoms in total. The second kappa shape index (κ2) is 5.56. The van der Waals surface area contributed by atoms with Crippen molar-refractivity contribution in [3.05, 3.63) is 59.1 Å². The summed E-state index contributed by atoms with van der Waals surface area (Å²) >= 11 is 0. The molecule has 0 saturated carbocycles. The van der Waals surface area contributed by atoms with Gasteiger partial charge in [-0.2, -0.15) is 0 Å². The quantitative estimate of drug-likeness (QED) is 0.799. The van der Waals surface area contributed by atoms with Gasteiger partial charge in [-0.1, -0.05) is 18.2 Å². The van der Waals surface area contributed by atoms with Crippen molar-refractivity contribution in [2.75, 3.05) is 6.79 Å². The molecule has 0 radical (unpaired) electrons. The molecule has 0 fully saturated rings. The predicted molar refractivity (Wildman–Crippen MR) is 84.6 cm³/mol. The average molecular weight is 327 g/mol. The number of hydrogen-bond donors (Lipinski definition) is 1. The lowest BCUT2D eigenvalue weighted by molar-refractivity contribution is 0.0924. The zero-order valence-electron chi connectivity index (χ0n) is 12.9. The fourth-order valence-corrected chi connectivity index (χ4v) is 2.74.